The molecule has 0 radical (unpaired) electrons. The van der Waals surface area contributed by atoms with Gasteiger partial charge in [0.15, 0.2) is 18.9 Å². The molecule has 19 heteroatoms. The van der Waals surface area contributed by atoms with Gasteiger partial charge < -0.3 is 89.9 Å². The first-order chi connectivity index (χ1) is 42.3. The largest absolute Gasteiger partial charge is 0.394 e. The van der Waals surface area contributed by atoms with E-state index in [1.165, 1.54) is 212 Å². The first-order valence-electron chi connectivity index (χ1n) is 35.4. The third kappa shape index (κ3) is 33.3. The molecule has 1 amide bonds. The maximum absolute atomic E-state index is 13.2. The summed E-state index contributed by atoms with van der Waals surface area (Å²) in [6.45, 7) is 1.62. The number of unbranched alkanes of at least 4 members (excludes halogenated alkanes) is 39. The van der Waals surface area contributed by atoms with Crippen LogP contribution in [0.4, 0.5) is 0 Å². The molecule has 3 saturated heterocycles. The van der Waals surface area contributed by atoms with E-state index in [9.17, 15) is 61.0 Å². The van der Waals surface area contributed by atoms with Crippen LogP contribution in [0.3, 0.4) is 0 Å². The van der Waals surface area contributed by atoms with Gasteiger partial charge in [0.1, 0.15) is 73.2 Å². The normalized spacial score (nSPS) is 28.6. The molecule has 12 N–H and O–H groups in total. The molecule has 3 fully saturated rings. The molecule has 17 atom stereocenters. The summed E-state index contributed by atoms with van der Waals surface area (Å²) in [6, 6.07) is -0.965. The predicted molar refractivity (Wildman–Crippen MR) is 337 cm³/mol. The zero-order chi connectivity index (χ0) is 63.3. The molecule has 0 saturated carbocycles. The summed E-state index contributed by atoms with van der Waals surface area (Å²) >= 11 is 0. The molecule has 0 aliphatic carbocycles. The van der Waals surface area contributed by atoms with Crippen LogP contribution in [-0.2, 0) is 33.2 Å². The number of hydrogen-bond donors (Lipinski definition) is 12. The zero-order valence-electron chi connectivity index (χ0n) is 54.3. The van der Waals surface area contributed by atoms with E-state index >= 15 is 0 Å². The molecule has 3 aliphatic rings. The number of hydrogen-bond acceptors (Lipinski definition) is 18. The van der Waals surface area contributed by atoms with Crippen LogP contribution in [0.25, 0.3) is 0 Å². The van der Waals surface area contributed by atoms with Crippen LogP contribution in [0.15, 0.2) is 12.2 Å². The summed E-state index contributed by atoms with van der Waals surface area (Å²) in [7, 11) is 0. The molecule has 0 aromatic carbocycles. The van der Waals surface area contributed by atoms with Crippen LogP contribution in [-0.4, -0.2) is 193 Å². The Morgan fingerprint density at radius 1 is 0.402 bits per heavy atom. The molecular weight excluding hydrogens is 1120 g/mol. The van der Waals surface area contributed by atoms with Gasteiger partial charge in [-0.2, -0.15) is 0 Å². The lowest BCUT2D eigenvalue weighted by atomic mass is 9.96. The Bertz CT molecular complexity index is 1630. The number of nitrogens with one attached hydrogen (secondary N) is 1. The molecule has 3 aliphatic heterocycles. The number of allylic oxidation sites excluding steroid dienone is 1. The van der Waals surface area contributed by atoms with E-state index in [1.807, 2.05) is 6.08 Å². The number of carbonyl (C=O) groups excluding carboxylic acids is 1. The maximum atomic E-state index is 13.2. The summed E-state index contributed by atoms with van der Waals surface area (Å²) in [5, 5.41) is 120. The van der Waals surface area contributed by atoms with Gasteiger partial charge >= 0.3 is 0 Å². The van der Waals surface area contributed by atoms with E-state index in [2.05, 4.69) is 19.2 Å². The first kappa shape index (κ1) is 79.8. The van der Waals surface area contributed by atoms with Crippen LogP contribution < -0.4 is 5.32 Å². The fourth-order valence-corrected chi connectivity index (χ4v) is 12.3. The van der Waals surface area contributed by atoms with E-state index in [-0.39, 0.29) is 18.9 Å². The number of ether oxygens (including phenoxy) is 6. The number of aliphatic hydroxyl groups excluding tert-OH is 11. The van der Waals surface area contributed by atoms with Gasteiger partial charge in [0.25, 0.3) is 0 Å². The van der Waals surface area contributed by atoms with Gasteiger partial charge in [0.05, 0.1) is 38.6 Å². The second-order valence-corrected chi connectivity index (χ2v) is 25.7. The first-order valence-corrected chi connectivity index (χ1v) is 35.4. The van der Waals surface area contributed by atoms with E-state index in [1.54, 1.807) is 6.08 Å². The topological polar surface area (TPSA) is 307 Å². The molecule has 514 valence electrons. The molecule has 19 nitrogen and oxygen atoms in total. The van der Waals surface area contributed by atoms with Crippen LogP contribution in [0, 0.1) is 0 Å². The van der Waals surface area contributed by atoms with Crippen molar-refractivity contribution < 1.29 is 89.4 Å². The summed E-state index contributed by atoms with van der Waals surface area (Å²) < 4.78 is 34.1. The SMILES string of the molecule is CCCCC/C=C/C(O)C(COC1OC(CO)C(OC2OC(CO)C(OC3OC(CO)C(O)C(O)C3O)C(O)C2O)C(O)C1O)NC(=O)CCCCCCCCCCCCCCCCCCCCCCCCCCCCCCCCCCCCCCC. The van der Waals surface area contributed by atoms with Crippen molar-refractivity contribution in [3.8, 4) is 0 Å². The highest BCUT2D eigenvalue weighted by molar-refractivity contribution is 5.76. The van der Waals surface area contributed by atoms with Crippen LogP contribution in [0.5, 0.6) is 0 Å². The summed E-state index contributed by atoms with van der Waals surface area (Å²) in [4.78, 5) is 13.2. The lowest BCUT2D eigenvalue weighted by Gasteiger charge is -2.48. The minimum Gasteiger partial charge on any atom is -0.394 e. The summed E-state index contributed by atoms with van der Waals surface area (Å²) in [6.07, 6.45) is 30.5. The lowest BCUT2D eigenvalue weighted by Crippen LogP contribution is -2.66. The van der Waals surface area contributed by atoms with Gasteiger partial charge in [-0.15, -0.1) is 0 Å². The Labute approximate surface area is 525 Å². The quantitative estimate of drug-likeness (QED) is 0.0199. The highest BCUT2D eigenvalue weighted by atomic mass is 16.8. The summed E-state index contributed by atoms with van der Waals surface area (Å²) in [5.41, 5.74) is 0. The minimum atomic E-state index is -1.97. The molecule has 87 heavy (non-hydrogen) atoms. The van der Waals surface area contributed by atoms with Crippen molar-refractivity contribution in [2.75, 3.05) is 26.4 Å². The number of rotatable bonds is 55. The van der Waals surface area contributed by atoms with Crippen molar-refractivity contribution in [2.24, 2.45) is 0 Å². The third-order valence-electron chi connectivity index (χ3n) is 18.1. The van der Waals surface area contributed by atoms with Crippen LogP contribution in [0.2, 0.25) is 0 Å². The second-order valence-electron chi connectivity index (χ2n) is 25.7. The van der Waals surface area contributed by atoms with Crippen LogP contribution >= 0.6 is 0 Å². The Balaban J connectivity index is 1.22. The monoisotopic (exact) mass is 1250 g/mol. The third-order valence-corrected chi connectivity index (χ3v) is 18.1. The van der Waals surface area contributed by atoms with Crippen molar-refractivity contribution in [1.82, 2.24) is 5.32 Å². The van der Waals surface area contributed by atoms with E-state index in [0.29, 0.717) is 6.42 Å². The van der Waals surface area contributed by atoms with Gasteiger partial charge in [-0.3, -0.25) is 4.79 Å². The Hall–Kier alpha value is -1.47. The molecule has 0 aromatic rings. The van der Waals surface area contributed by atoms with Crippen molar-refractivity contribution in [1.29, 1.82) is 0 Å². The molecule has 0 spiro atoms. The van der Waals surface area contributed by atoms with E-state index < -0.39 is 124 Å². The zero-order valence-corrected chi connectivity index (χ0v) is 54.3. The number of carbonyl (C=O) groups is 1. The molecule has 3 heterocycles. The average molecular weight is 1250 g/mol. The highest BCUT2D eigenvalue weighted by Crippen LogP contribution is 2.33. The van der Waals surface area contributed by atoms with E-state index in [4.69, 9.17) is 28.4 Å². The van der Waals surface area contributed by atoms with E-state index in [0.717, 1.165) is 44.9 Å². The number of aliphatic hydroxyl groups is 11. The van der Waals surface area contributed by atoms with Crippen molar-refractivity contribution >= 4 is 5.91 Å². The van der Waals surface area contributed by atoms with Crippen molar-refractivity contribution in [2.45, 2.75) is 388 Å². The van der Waals surface area contributed by atoms with Crippen molar-refractivity contribution in [3.63, 3.8) is 0 Å². The molecule has 0 bridgehead atoms. The summed E-state index contributed by atoms with van der Waals surface area (Å²) in [5.74, 6) is -0.277. The Morgan fingerprint density at radius 3 is 1.08 bits per heavy atom. The van der Waals surface area contributed by atoms with Gasteiger partial charge in [0.2, 0.25) is 5.91 Å². The Kier molecular flexibility index (Phi) is 46.8. The van der Waals surface area contributed by atoms with Crippen molar-refractivity contribution in [3.05, 3.63) is 12.2 Å². The van der Waals surface area contributed by atoms with Gasteiger partial charge in [-0.25, -0.2) is 0 Å². The minimum absolute atomic E-state index is 0.248. The van der Waals surface area contributed by atoms with Gasteiger partial charge in [-0.1, -0.05) is 270 Å². The molecular formula is C68H129NO18. The Morgan fingerprint density at radius 2 is 0.713 bits per heavy atom. The molecule has 17 unspecified atom stereocenters. The maximum Gasteiger partial charge on any atom is 0.220 e. The van der Waals surface area contributed by atoms with Gasteiger partial charge in [0, 0.05) is 6.42 Å². The predicted octanol–water partition coefficient (Wildman–Crippen LogP) is 9.28. The molecule has 3 rings (SSSR count). The smallest absolute Gasteiger partial charge is 0.220 e. The second kappa shape index (κ2) is 51.0. The highest BCUT2D eigenvalue weighted by Gasteiger charge is 2.53. The number of amides is 1. The molecule has 0 aromatic heterocycles. The lowest BCUT2D eigenvalue weighted by molar-refractivity contribution is -0.379. The standard InChI is InChI=1S/C68H129NO18/c1-3-5-7-9-10-11-12-13-14-15-16-17-18-19-20-21-22-23-24-25-26-27-28-29-30-31-32-33-34-35-36-37-38-39-40-42-44-46-56(74)69-51(52(73)45-43-41-8-6-4-2)50-82-66-62(80)59(77)64(54(48-71)84-66)87-68-63(81)60(78)65(55(49-72)85-68)86-67-61(79)58(76)57(75)53(47-70)83-67/h43,45,51-55,57-68,70-73,75-81H,3-42,44,46-50H2,1-2H3,(H,69,74)/b45-43+. The van der Waals surface area contributed by atoms with Gasteiger partial charge in [-0.05, 0) is 19.3 Å². The van der Waals surface area contributed by atoms with Crippen LogP contribution in [0.1, 0.15) is 284 Å². The fraction of sp³-hybridized carbons (Fsp3) is 0.956. The average Bonchev–Trinajstić information content (AvgIpc) is 3.57. The fourth-order valence-electron chi connectivity index (χ4n) is 12.3.